The van der Waals surface area contributed by atoms with Gasteiger partial charge >= 0.3 is 0 Å². The van der Waals surface area contributed by atoms with Gasteiger partial charge in [-0.3, -0.25) is 4.72 Å². The minimum atomic E-state index is -3.32. The van der Waals surface area contributed by atoms with Crippen LogP contribution in [0.3, 0.4) is 0 Å². The largest absolute Gasteiger partial charge is 0.314 e. The summed E-state index contributed by atoms with van der Waals surface area (Å²) in [7, 11) is -3.32. The van der Waals surface area contributed by atoms with Crippen LogP contribution in [0.4, 0.5) is 5.69 Å². The molecule has 1 fully saturated rings. The molecule has 0 amide bonds. The van der Waals surface area contributed by atoms with Gasteiger partial charge in [-0.2, -0.15) is 0 Å². The van der Waals surface area contributed by atoms with Crippen LogP contribution in [0.2, 0.25) is 0 Å². The number of nitrogens with one attached hydrogen (secondary N) is 2. The molecule has 1 aliphatic carbocycles. The maximum absolute atomic E-state index is 12.1. The van der Waals surface area contributed by atoms with Gasteiger partial charge in [-0.05, 0) is 88.7 Å². The van der Waals surface area contributed by atoms with Crippen LogP contribution in [0.5, 0.6) is 0 Å². The van der Waals surface area contributed by atoms with Crippen molar-refractivity contribution in [1.29, 1.82) is 0 Å². The van der Waals surface area contributed by atoms with E-state index in [-0.39, 0.29) is 5.75 Å². The van der Waals surface area contributed by atoms with Crippen molar-refractivity contribution in [3.8, 4) is 0 Å². The molecule has 0 unspecified atom stereocenters. The molecular weight excluding hydrogens is 420 g/mol. The van der Waals surface area contributed by atoms with Crippen LogP contribution in [0.15, 0.2) is 21.1 Å². The zero-order valence-corrected chi connectivity index (χ0v) is 15.9. The van der Waals surface area contributed by atoms with E-state index in [0.717, 1.165) is 27.5 Å². The van der Waals surface area contributed by atoms with E-state index >= 15 is 0 Å². The summed E-state index contributed by atoms with van der Waals surface area (Å²) >= 11 is 6.80. The molecule has 2 N–H and O–H groups in total. The van der Waals surface area contributed by atoms with Crippen molar-refractivity contribution in [1.82, 2.24) is 5.32 Å². The Morgan fingerprint density at radius 1 is 1.19 bits per heavy atom. The van der Waals surface area contributed by atoms with Gasteiger partial charge in [0.1, 0.15) is 0 Å². The van der Waals surface area contributed by atoms with Gasteiger partial charge in [0.2, 0.25) is 10.0 Å². The zero-order valence-electron chi connectivity index (χ0n) is 12.0. The standard InChI is InChI=1S/C14H20Br2N2O2S/c1-10-8-12(15)14(13(16)9-10)18-21(19,20)7-3-2-6-17-11-4-5-11/h8-9,11,17-18H,2-7H2,1H3. The Hall–Kier alpha value is -0.110. The summed E-state index contributed by atoms with van der Waals surface area (Å²) in [6, 6.07) is 4.46. The molecule has 0 aliphatic heterocycles. The van der Waals surface area contributed by atoms with Crippen molar-refractivity contribution in [2.24, 2.45) is 0 Å². The highest BCUT2D eigenvalue weighted by molar-refractivity contribution is 9.11. The highest BCUT2D eigenvalue weighted by atomic mass is 79.9. The third-order valence-corrected chi connectivity index (χ3v) is 5.89. The van der Waals surface area contributed by atoms with Crippen molar-refractivity contribution < 1.29 is 8.42 Å². The lowest BCUT2D eigenvalue weighted by Crippen LogP contribution is -2.20. The second kappa shape index (κ2) is 7.44. The van der Waals surface area contributed by atoms with Crippen LogP contribution >= 0.6 is 31.9 Å². The number of hydrogen-bond donors (Lipinski definition) is 2. The molecule has 0 bridgehead atoms. The predicted molar refractivity (Wildman–Crippen MR) is 94.2 cm³/mol. The van der Waals surface area contributed by atoms with E-state index in [9.17, 15) is 8.42 Å². The normalized spacial score (nSPS) is 15.2. The van der Waals surface area contributed by atoms with E-state index in [1.54, 1.807) is 0 Å². The molecule has 0 aromatic heterocycles. The van der Waals surface area contributed by atoms with Crippen molar-refractivity contribution in [3.63, 3.8) is 0 Å². The number of halogens is 2. The van der Waals surface area contributed by atoms with Crippen LogP contribution in [-0.4, -0.2) is 26.8 Å². The first-order valence-electron chi connectivity index (χ1n) is 7.07. The molecular formula is C14H20Br2N2O2S. The third kappa shape index (κ3) is 5.88. The number of anilines is 1. The lowest BCUT2D eigenvalue weighted by Gasteiger charge is -2.12. The number of rotatable bonds is 8. The second-order valence-corrected chi connectivity index (χ2v) is 9.01. The maximum atomic E-state index is 12.1. The molecule has 1 aromatic rings. The average molecular weight is 440 g/mol. The fourth-order valence-electron chi connectivity index (χ4n) is 2.01. The third-order valence-electron chi connectivity index (χ3n) is 3.29. The minimum absolute atomic E-state index is 0.145. The van der Waals surface area contributed by atoms with Crippen molar-refractivity contribution in [2.45, 2.75) is 38.6 Å². The summed E-state index contributed by atoms with van der Waals surface area (Å²) < 4.78 is 28.4. The van der Waals surface area contributed by atoms with Crippen LogP contribution in [-0.2, 0) is 10.0 Å². The molecule has 0 atom stereocenters. The molecule has 0 saturated heterocycles. The average Bonchev–Trinajstić information content (AvgIpc) is 3.17. The molecule has 2 rings (SSSR count). The highest BCUT2D eigenvalue weighted by Crippen LogP contribution is 2.33. The van der Waals surface area contributed by atoms with E-state index in [4.69, 9.17) is 0 Å². The molecule has 21 heavy (non-hydrogen) atoms. The topological polar surface area (TPSA) is 58.2 Å². The Bertz CT molecular complexity index is 578. The first-order chi connectivity index (χ1) is 9.87. The molecule has 118 valence electrons. The quantitative estimate of drug-likeness (QED) is 0.605. The summed E-state index contributed by atoms with van der Waals surface area (Å²) in [6.45, 7) is 2.86. The lowest BCUT2D eigenvalue weighted by atomic mass is 10.2. The van der Waals surface area contributed by atoms with Gasteiger partial charge in [-0.1, -0.05) is 0 Å². The van der Waals surface area contributed by atoms with Gasteiger partial charge in [-0.15, -0.1) is 0 Å². The van der Waals surface area contributed by atoms with Gasteiger partial charge < -0.3 is 5.32 Å². The van der Waals surface area contributed by atoms with Crippen LogP contribution < -0.4 is 10.0 Å². The van der Waals surface area contributed by atoms with E-state index < -0.39 is 10.0 Å². The van der Waals surface area contributed by atoms with Gasteiger partial charge in [0.15, 0.2) is 0 Å². The maximum Gasteiger partial charge on any atom is 0.232 e. The molecule has 1 saturated carbocycles. The van der Waals surface area contributed by atoms with Crippen LogP contribution in [0.25, 0.3) is 0 Å². The van der Waals surface area contributed by atoms with Crippen molar-refractivity contribution >= 4 is 47.6 Å². The number of benzene rings is 1. The van der Waals surface area contributed by atoms with Gasteiger partial charge in [-0.25, -0.2) is 8.42 Å². The lowest BCUT2D eigenvalue weighted by molar-refractivity contribution is 0.591. The summed E-state index contributed by atoms with van der Waals surface area (Å²) in [4.78, 5) is 0. The Labute approximate surface area is 143 Å². The summed E-state index contributed by atoms with van der Waals surface area (Å²) in [6.07, 6.45) is 4.06. The van der Waals surface area contributed by atoms with Gasteiger partial charge in [0.05, 0.1) is 11.4 Å². The first kappa shape index (κ1) is 17.2. The van der Waals surface area contributed by atoms with E-state index in [1.165, 1.54) is 12.8 Å². The number of sulfonamides is 1. The van der Waals surface area contributed by atoms with E-state index in [2.05, 4.69) is 41.9 Å². The number of unbranched alkanes of at least 4 members (excludes halogenated alkanes) is 1. The molecule has 0 heterocycles. The molecule has 0 radical (unpaired) electrons. The minimum Gasteiger partial charge on any atom is -0.314 e. The fraction of sp³-hybridized carbons (Fsp3) is 0.571. The number of hydrogen-bond acceptors (Lipinski definition) is 3. The monoisotopic (exact) mass is 438 g/mol. The predicted octanol–water partition coefficient (Wildman–Crippen LogP) is 3.79. The van der Waals surface area contributed by atoms with Crippen LogP contribution in [0.1, 0.15) is 31.2 Å². The SMILES string of the molecule is Cc1cc(Br)c(NS(=O)(=O)CCCCNC2CC2)c(Br)c1. The molecule has 0 spiro atoms. The van der Waals surface area contributed by atoms with Crippen molar-refractivity contribution in [3.05, 3.63) is 26.6 Å². The number of aryl methyl sites for hydroxylation is 1. The zero-order chi connectivity index (χ0) is 15.5. The summed E-state index contributed by atoms with van der Waals surface area (Å²) in [5, 5.41) is 3.39. The Morgan fingerprint density at radius 2 is 1.81 bits per heavy atom. The van der Waals surface area contributed by atoms with E-state index in [1.807, 2.05) is 19.1 Å². The van der Waals surface area contributed by atoms with E-state index in [0.29, 0.717) is 18.2 Å². The van der Waals surface area contributed by atoms with Gasteiger partial charge in [0.25, 0.3) is 0 Å². The molecule has 1 aromatic carbocycles. The Morgan fingerprint density at radius 3 is 2.38 bits per heavy atom. The highest BCUT2D eigenvalue weighted by Gasteiger charge is 2.20. The second-order valence-electron chi connectivity index (χ2n) is 5.46. The molecule has 7 heteroatoms. The Kier molecular flexibility index (Phi) is 6.11. The fourth-order valence-corrected chi connectivity index (χ4v) is 5.11. The van der Waals surface area contributed by atoms with Crippen LogP contribution in [0, 0.1) is 6.92 Å². The van der Waals surface area contributed by atoms with Crippen molar-refractivity contribution in [2.75, 3.05) is 17.0 Å². The van der Waals surface area contributed by atoms with Gasteiger partial charge in [0, 0.05) is 15.0 Å². The first-order valence-corrected chi connectivity index (χ1v) is 10.3. The summed E-state index contributed by atoms with van der Waals surface area (Å²) in [5.74, 6) is 0.145. The smallest absolute Gasteiger partial charge is 0.232 e. The molecule has 4 nitrogen and oxygen atoms in total. The summed E-state index contributed by atoms with van der Waals surface area (Å²) in [5.41, 5.74) is 1.62. The molecule has 1 aliphatic rings. The Balaban J connectivity index is 1.85.